The number of carboxylic acids is 1. The zero-order chi connectivity index (χ0) is 13.4. The predicted molar refractivity (Wildman–Crippen MR) is 74.5 cm³/mol. The molecule has 0 aromatic heterocycles. The van der Waals surface area contributed by atoms with Crippen molar-refractivity contribution in [3.05, 3.63) is 54.1 Å². The van der Waals surface area contributed by atoms with E-state index >= 15 is 0 Å². The van der Waals surface area contributed by atoms with Crippen molar-refractivity contribution in [2.75, 3.05) is 0 Å². The quantitative estimate of drug-likeness (QED) is 0.688. The maximum atomic E-state index is 10.9. The van der Waals surface area contributed by atoms with Crippen molar-refractivity contribution in [1.29, 1.82) is 0 Å². The number of carbonyl (C=O) groups is 1. The summed E-state index contributed by atoms with van der Waals surface area (Å²) in [5, 5.41) is 22.4. The molecule has 0 spiro atoms. The number of carboxylic acid groups (broad SMARTS) is 1. The van der Waals surface area contributed by atoms with E-state index in [1.165, 1.54) is 0 Å². The van der Waals surface area contributed by atoms with Crippen LogP contribution in [0.1, 0.15) is 5.56 Å². The van der Waals surface area contributed by atoms with Crippen molar-refractivity contribution in [2.45, 2.75) is 6.42 Å². The molecule has 0 fully saturated rings. The van der Waals surface area contributed by atoms with E-state index in [0.29, 0.717) is 10.9 Å². The molecular weight excluding hydrogens is 240 g/mol. The zero-order valence-corrected chi connectivity index (χ0v) is 10.1. The Kier molecular flexibility index (Phi) is 2.60. The van der Waals surface area contributed by atoms with Crippen molar-refractivity contribution in [2.24, 2.45) is 0 Å². The van der Waals surface area contributed by atoms with Crippen molar-refractivity contribution in [3.63, 3.8) is 0 Å². The molecule has 3 heteroatoms. The average molecular weight is 252 g/mol. The van der Waals surface area contributed by atoms with Crippen molar-refractivity contribution in [1.82, 2.24) is 0 Å². The lowest BCUT2D eigenvalue weighted by atomic mass is 9.97. The molecule has 19 heavy (non-hydrogen) atoms. The lowest BCUT2D eigenvalue weighted by molar-refractivity contribution is -0.136. The normalized spacial score (nSPS) is 10.9. The fraction of sp³-hybridized carbons (Fsp3) is 0.0625. The maximum Gasteiger partial charge on any atom is 0.307 e. The highest BCUT2D eigenvalue weighted by Gasteiger charge is 2.09. The Hall–Kier alpha value is -2.55. The number of hydrogen-bond donors (Lipinski definition) is 2. The molecule has 0 aliphatic heterocycles. The third-order valence-electron chi connectivity index (χ3n) is 3.29. The van der Waals surface area contributed by atoms with Gasteiger partial charge in [0.1, 0.15) is 5.75 Å². The number of phenols is 1. The summed E-state index contributed by atoms with van der Waals surface area (Å²) in [6, 6.07) is 14.9. The molecule has 2 N–H and O–H groups in total. The van der Waals surface area contributed by atoms with Crippen LogP contribution in [0.3, 0.4) is 0 Å². The Morgan fingerprint density at radius 1 is 0.947 bits per heavy atom. The van der Waals surface area contributed by atoms with E-state index in [2.05, 4.69) is 0 Å². The standard InChI is InChI=1S/C16H12O3/c17-15-6-5-12(9-16(18)19)13-7-10-3-1-2-4-11(10)8-14(13)15/h1-8,17H,9H2,(H,18,19). The number of aromatic hydroxyl groups is 1. The first kappa shape index (κ1) is 11.5. The maximum absolute atomic E-state index is 10.9. The highest BCUT2D eigenvalue weighted by atomic mass is 16.4. The van der Waals surface area contributed by atoms with Crippen molar-refractivity contribution < 1.29 is 15.0 Å². The summed E-state index contributed by atoms with van der Waals surface area (Å²) < 4.78 is 0. The second kappa shape index (κ2) is 4.28. The van der Waals surface area contributed by atoms with Crippen molar-refractivity contribution >= 4 is 27.5 Å². The molecule has 0 saturated heterocycles. The molecule has 94 valence electrons. The summed E-state index contributed by atoms with van der Waals surface area (Å²) in [5.41, 5.74) is 0.714. The molecule has 0 bridgehead atoms. The number of rotatable bonds is 2. The predicted octanol–water partition coefficient (Wildman–Crippen LogP) is 3.33. The van der Waals surface area contributed by atoms with Crippen LogP contribution < -0.4 is 0 Å². The van der Waals surface area contributed by atoms with E-state index in [4.69, 9.17) is 5.11 Å². The average Bonchev–Trinajstić information content (AvgIpc) is 2.40. The van der Waals surface area contributed by atoms with Gasteiger partial charge in [0.2, 0.25) is 0 Å². The zero-order valence-electron chi connectivity index (χ0n) is 10.1. The number of aliphatic carboxylic acids is 1. The van der Waals surface area contributed by atoms with E-state index in [-0.39, 0.29) is 12.2 Å². The second-order valence-corrected chi connectivity index (χ2v) is 4.56. The lowest BCUT2D eigenvalue weighted by Crippen LogP contribution is -2.00. The van der Waals surface area contributed by atoms with E-state index in [0.717, 1.165) is 16.2 Å². The Morgan fingerprint density at radius 2 is 1.58 bits per heavy atom. The summed E-state index contributed by atoms with van der Waals surface area (Å²) in [6.45, 7) is 0. The first-order chi connectivity index (χ1) is 9.15. The van der Waals surface area contributed by atoms with Gasteiger partial charge in [0.25, 0.3) is 0 Å². The molecule has 0 unspecified atom stereocenters. The highest BCUT2D eigenvalue weighted by molar-refractivity contribution is 6.03. The number of benzene rings is 3. The summed E-state index contributed by atoms with van der Waals surface area (Å²) in [6.07, 6.45) is -0.0465. The largest absolute Gasteiger partial charge is 0.507 e. The summed E-state index contributed by atoms with van der Waals surface area (Å²) in [7, 11) is 0. The Morgan fingerprint density at radius 3 is 2.21 bits per heavy atom. The smallest absolute Gasteiger partial charge is 0.307 e. The van der Waals surface area contributed by atoms with Gasteiger partial charge in [-0.1, -0.05) is 30.3 Å². The van der Waals surface area contributed by atoms with E-state index in [1.54, 1.807) is 12.1 Å². The summed E-state index contributed by atoms with van der Waals surface area (Å²) >= 11 is 0. The van der Waals surface area contributed by atoms with E-state index < -0.39 is 5.97 Å². The van der Waals surface area contributed by atoms with Crippen LogP contribution >= 0.6 is 0 Å². The Labute approximate surface area is 109 Å². The molecule has 3 rings (SSSR count). The Balaban J connectivity index is 2.37. The van der Waals surface area contributed by atoms with Crippen LogP contribution in [0.5, 0.6) is 5.75 Å². The minimum atomic E-state index is -0.875. The molecule has 3 aromatic carbocycles. The molecular formula is C16H12O3. The third-order valence-corrected chi connectivity index (χ3v) is 3.29. The minimum absolute atomic E-state index is 0.0465. The highest BCUT2D eigenvalue weighted by Crippen LogP contribution is 2.31. The summed E-state index contributed by atoms with van der Waals surface area (Å²) in [5.74, 6) is -0.699. The van der Waals surface area contributed by atoms with Gasteiger partial charge in [0.15, 0.2) is 0 Å². The van der Waals surface area contributed by atoms with Crippen LogP contribution in [0.2, 0.25) is 0 Å². The topological polar surface area (TPSA) is 57.5 Å². The van der Waals surface area contributed by atoms with Gasteiger partial charge < -0.3 is 10.2 Å². The minimum Gasteiger partial charge on any atom is -0.507 e. The third kappa shape index (κ3) is 1.99. The molecule has 0 amide bonds. The van der Waals surface area contributed by atoms with Crippen LogP contribution in [0.4, 0.5) is 0 Å². The fourth-order valence-electron chi connectivity index (χ4n) is 2.39. The van der Waals surface area contributed by atoms with Gasteiger partial charge in [-0.05, 0) is 39.9 Å². The number of hydrogen-bond acceptors (Lipinski definition) is 2. The van der Waals surface area contributed by atoms with Gasteiger partial charge in [-0.3, -0.25) is 4.79 Å². The van der Waals surface area contributed by atoms with Crippen LogP contribution in [0.15, 0.2) is 48.5 Å². The molecule has 0 atom stereocenters. The molecule has 0 aliphatic rings. The van der Waals surface area contributed by atoms with Gasteiger partial charge in [-0.15, -0.1) is 0 Å². The first-order valence-corrected chi connectivity index (χ1v) is 6.00. The number of phenolic OH excluding ortho intramolecular Hbond substituents is 1. The van der Waals surface area contributed by atoms with Crippen LogP contribution in [-0.4, -0.2) is 16.2 Å². The molecule has 0 aliphatic carbocycles. The molecule has 0 radical (unpaired) electrons. The lowest BCUT2D eigenvalue weighted by Gasteiger charge is -2.08. The van der Waals surface area contributed by atoms with E-state index in [1.807, 2.05) is 36.4 Å². The van der Waals surface area contributed by atoms with Crippen LogP contribution in [0, 0.1) is 0 Å². The number of fused-ring (bicyclic) bond motifs is 2. The van der Waals surface area contributed by atoms with Gasteiger partial charge in [-0.2, -0.15) is 0 Å². The van der Waals surface area contributed by atoms with Gasteiger partial charge in [0, 0.05) is 5.39 Å². The SMILES string of the molecule is O=C(O)Cc1ccc(O)c2cc3ccccc3cc12. The summed E-state index contributed by atoms with van der Waals surface area (Å²) in [4.78, 5) is 10.9. The second-order valence-electron chi connectivity index (χ2n) is 4.56. The van der Waals surface area contributed by atoms with Crippen LogP contribution in [0.25, 0.3) is 21.5 Å². The monoisotopic (exact) mass is 252 g/mol. The van der Waals surface area contributed by atoms with Gasteiger partial charge in [0.05, 0.1) is 6.42 Å². The first-order valence-electron chi connectivity index (χ1n) is 6.00. The van der Waals surface area contributed by atoms with E-state index in [9.17, 15) is 9.90 Å². The molecule has 3 nitrogen and oxygen atoms in total. The fourth-order valence-corrected chi connectivity index (χ4v) is 2.39. The van der Waals surface area contributed by atoms with Crippen molar-refractivity contribution in [3.8, 4) is 5.75 Å². The molecule has 0 heterocycles. The molecule has 0 saturated carbocycles. The van der Waals surface area contributed by atoms with Crippen LogP contribution in [-0.2, 0) is 11.2 Å². The van der Waals surface area contributed by atoms with Gasteiger partial charge in [-0.25, -0.2) is 0 Å². The Bertz CT molecular complexity index is 790. The van der Waals surface area contributed by atoms with Gasteiger partial charge >= 0.3 is 5.97 Å². The molecule has 3 aromatic rings.